The number of rotatable bonds is 5. The molecule has 37 heavy (non-hydrogen) atoms. The van der Waals surface area contributed by atoms with E-state index in [-0.39, 0.29) is 17.0 Å². The van der Waals surface area contributed by atoms with E-state index in [1.807, 2.05) is 6.92 Å². The first kappa shape index (κ1) is 24.7. The molecule has 0 fully saturated rings. The third kappa shape index (κ3) is 4.87. The summed E-state index contributed by atoms with van der Waals surface area (Å²) >= 11 is 7.47. The molecule has 1 N–H and O–H groups in total. The summed E-state index contributed by atoms with van der Waals surface area (Å²) in [6, 6.07) is 5.19. The van der Waals surface area contributed by atoms with E-state index in [2.05, 4.69) is 30.5 Å². The summed E-state index contributed by atoms with van der Waals surface area (Å²) < 4.78 is 5.44. The van der Waals surface area contributed by atoms with Gasteiger partial charge in [0.15, 0.2) is 5.13 Å². The van der Waals surface area contributed by atoms with E-state index < -0.39 is 0 Å². The van der Waals surface area contributed by atoms with Crippen molar-refractivity contribution in [3.63, 3.8) is 0 Å². The van der Waals surface area contributed by atoms with E-state index in [1.165, 1.54) is 30.8 Å². The van der Waals surface area contributed by atoms with Crippen LogP contribution in [-0.2, 0) is 13.1 Å². The minimum absolute atomic E-state index is 0.119. The zero-order valence-electron chi connectivity index (χ0n) is 20.5. The number of methoxy groups -OCH3 is 1. The number of pyridine rings is 2. The van der Waals surface area contributed by atoms with E-state index in [9.17, 15) is 9.59 Å². The molecule has 0 bridgehead atoms. The van der Waals surface area contributed by atoms with Gasteiger partial charge in [-0.05, 0) is 39.0 Å². The Bertz CT molecular complexity index is 1530. The van der Waals surface area contributed by atoms with Crippen LogP contribution in [0.1, 0.15) is 48.4 Å². The third-order valence-electron chi connectivity index (χ3n) is 5.92. The topological polar surface area (TPSA) is 123 Å². The largest absolute Gasteiger partial charge is 0.494 e. The first-order valence-electron chi connectivity index (χ1n) is 11.3. The Hall–Kier alpha value is -3.96. The molecule has 5 heterocycles. The van der Waals surface area contributed by atoms with Crippen molar-refractivity contribution in [1.29, 1.82) is 0 Å². The molecule has 0 atom stereocenters. The fourth-order valence-electron chi connectivity index (χ4n) is 4.09. The molecule has 0 saturated heterocycles. The highest BCUT2D eigenvalue weighted by Crippen LogP contribution is 2.35. The second-order valence-electron chi connectivity index (χ2n) is 8.57. The average Bonchev–Trinajstić information content (AvgIpc) is 3.43. The summed E-state index contributed by atoms with van der Waals surface area (Å²) in [6.07, 6.45) is 3.03. The summed E-state index contributed by atoms with van der Waals surface area (Å²) in [6.45, 7) is 6.16. The fourth-order valence-corrected chi connectivity index (χ4v) is 5.23. The van der Waals surface area contributed by atoms with Crippen LogP contribution in [0.4, 0.5) is 5.13 Å². The Balaban J connectivity index is 1.36. The maximum absolute atomic E-state index is 13.3. The number of halogens is 1. The van der Waals surface area contributed by atoms with Crippen LogP contribution in [-0.4, -0.2) is 49.0 Å². The molecule has 0 aromatic carbocycles. The number of ether oxygens (including phenoxy) is 1. The smallest absolute Gasteiger partial charge is 0.259 e. The number of thiazole rings is 1. The van der Waals surface area contributed by atoms with Gasteiger partial charge in [0.1, 0.15) is 10.9 Å². The Labute approximate surface area is 221 Å². The quantitative estimate of drug-likeness (QED) is 0.373. The van der Waals surface area contributed by atoms with Gasteiger partial charge in [0.2, 0.25) is 0 Å². The third-order valence-corrected chi connectivity index (χ3v) is 7.13. The van der Waals surface area contributed by atoms with Gasteiger partial charge in [-0.15, -0.1) is 0 Å². The lowest BCUT2D eigenvalue weighted by molar-refractivity contribution is 0.0749. The number of nitrogens with one attached hydrogen (secondary N) is 1. The number of amides is 2. The van der Waals surface area contributed by atoms with Gasteiger partial charge >= 0.3 is 0 Å². The number of fused-ring (bicyclic) bond motifs is 1. The number of carbonyl (C=O) groups is 2. The number of hydrogen-bond acceptors (Lipinski definition) is 9. The van der Waals surface area contributed by atoms with Crippen LogP contribution in [0.2, 0.25) is 5.15 Å². The summed E-state index contributed by atoms with van der Waals surface area (Å²) in [4.78, 5) is 41.9. The Morgan fingerprint density at radius 1 is 1.00 bits per heavy atom. The van der Waals surface area contributed by atoms with Gasteiger partial charge in [-0.25, -0.2) is 9.97 Å². The minimum Gasteiger partial charge on any atom is -0.494 e. The number of carbonyl (C=O) groups excluding carboxylic acids is 2. The van der Waals surface area contributed by atoms with Gasteiger partial charge in [0.25, 0.3) is 11.8 Å². The van der Waals surface area contributed by atoms with Gasteiger partial charge in [-0.3, -0.25) is 19.9 Å². The molecule has 0 aliphatic carbocycles. The molecule has 0 radical (unpaired) electrons. The SMILES string of the molecule is COc1cnc(Cl)cc1-c1cc(C)ncc1C(=O)Nc1nc2c(s1)CN(C(=O)c1cc(C)nnc1C)C2. The maximum Gasteiger partial charge on any atom is 0.259 e. The highest BCUT2D eigenvalue weighted by molar-refractivity contribution is 7.16. The molecule has 2 amide bonds. The molecule has 0 unspecified atom stereocenters. The van der Waals surface area contributed by atoms with Crippen molar-refractivity contribution in [2.75, 3.05) is 12.4 Å². The predicted molar refractivity (Wildman–Crippen MR) is 139 cm³/mol. The first-order chi connectivity index (χ1) is 17.7. The number of nitrogens with zero attached hydrogens (tertiary/aromatic N) is 6. The van der Waals surface area contributed by atoms with Gasteiger partial charge in [0, 0.05) is 23.0 Å². The van der Waals surface area contributed by atoms with E-state index in [0.29, 0.717) is 57.6 Å². The second kappa shape index (κ2) is 9.83. The van der Waals surface area contributed by atoms with Crippen LogP contribution in [0.5, 0.6) is 5.75 Å². The van der Waals surface area contributed by atoms with Crippen molar-refractivity contribution in [2.24, 2.45) is 0 Å². The molecule has 1 aliphatic rings. The summed E-state index contributed by atoms with van der Waals surface area (Å²) in [5.74, 6) is -0.00437. The lowest BCUT2D eigenvalue weighted by Gasteiger charge is -2.16. The Morgan fingerprint density at radius 2 is 1.81 bits per heavy atom. The van der Waals surface area contributed by atoms with Crippen molar-refractivity contribution in [2.45, 2.75) is 33.9 Å². The number of hydrogen-bond donors (Lipinski definition) is 1. The summed E-state index contributed by atoms with van der Waals surface area (Å²) in [7, 11) is 1.53. The van der Waals surface area contributed by atoms with Gasteiger partial charge in [-0.1, -0.05) is 22.9 Å². The molecule has 1 aliphatic heterocycles. The van der Waals surface area contributed by atoms with E-state index in [4.69, 9.17) is 16.3 Å². The number of aromatic nitrogens is 5. The molecule has 4 aromatic heterocycles. The molecule has 0 spiro atoms. The van der Waals surface area contributed by atoms with Crippen molar-refractivity contribution in [3.8, 4) is 16.9 Å². The molecular formula is C25H22ClN7O3S. The highest BCUT2D eigenvalue weighted by atomic mass is 35.5. The molecule has 4 aromatic rings. The van der Waals surface area contributed by atoms with E-state index in [0.717, 1.165) is 16.3 Å². The summed E-state index contributed by atoms with van der Waals surface area (Å²) in [5.41, 5.74) is 4.87. The average molecular weight is 536 g/mol. The highest BCUT2D eigenvalue weighted by Gasteiger charge is 2.30. The fraction of sp³-hybridized carbons (Fsp3) is 0.240. The van der Waals surface area contributed by atoms with Crippen molar-refractivity contribution >= 4 is 39.9 Å². The van der Waals surface area contributed by atoms with Gasteiger partial charge < -0.3 is 9.64 Å². The molecule has 0 saturated carbocycles. The van der Waals surface area contributed by atoms with Crippen molar-refractivity contribution in [3.05, 3.63) is 74.5 Å². The standard InChI is InChI=1S/C25H22ClN7O3S/c1-12-5-16(17-7-22(26)28-9-20(17)36-4)18(8-27-12)23(34)30-25-29-19-10-33(11-21(19)37-25)24(35)15-6-13(2)31-32-14(15)3/h5-9H,10-11H2,1-4H3,(H,29,30,34). The maximum atomic E-state index is 13.3. The number of aryl methyl sites for hydroxylation is 3. The van der Waals surface area contributed by atoms with E-state index >= 15 is 0 Å². The van der Waals surface area contributed by atoms with Crippen LogP contribution in [0.3, 0.4) is 0 Å². The van der Waals surface area contributed by atoms with Crippen LogP contribution >= 0.6 is 22.9 Å². The predicted octanol–water partition coefficient (Wildman–Crippen LogP) is 4.39. The van der Waals surface area contributed by atoms with Crippen LogP contribution in [0.15, 0.2) is 30.6 Å². The molecule has 10 nitrogen and oxygen atoms in total. The molecule has 5 rings (SSSR count). The van der Waals surface area contributed by atoms with E-state index in [1.54, 1.807) is 36.9 Å². The molecule has 188 valence electrons. The molecular weight excluding hydrogens is 514 g/mol. The van der Waals surface area contributed by atoms with Crippen LogP contribution in [0, 0.1) is 20.8 Å². The lowest BCUT2D eigenvalue weighted by atomic mass is 10.0. The lowest BCUT2D eigenvalue weighted by Crippen LogP contribution is -2.27. The summed E-state index contributed by atoms with van der Waals surface area (Å²) in [5, 5.41) is 11.7. The Morgan fingerprint density at radius 3 is 2.57 bits per heavy atom. The van der Waals surface area contributed by atoms with Crippen molar-refractivity contribution < 1.29 is 14.3 Å². The monoisotopic (exact) mass is 535 g/mol. The normalized spacial score (nSPS) is 12.4. The van der Waals surface area contributed by atoms with Crippen LogP contribution in [0.25, 0.3) is 11.1 Å². The zero-order chi connectivity index (χ0) is 26.3. The first-order valence-corrected chi connectivity index (χ1v) is 12.5. The van der Waals surface area contributed by atoms with Crippen molar-refractivity contribution in [1.82, 2.24) is 30.0 Å². The Kier molecular flexibility index (Phi) is 6.57. The second-order valence-corrected chi connectivity index (χ2v) is 10.0. The minimum atomic E-state index is -0.369. The van der Waals surface area contributed by atoms with Gasteiger partial charge in [0.05, 0.1) is 59.5 Å². The molecule has 12 heteroatoms. The van der Waals surface area contributed by atoms with Crippen LogP contribution < -0.4 is 10.1 Å². The zero-order valence-corrected chi connectivity index (χ0v) is 22.1. The van der Waals surface area contributed by atoms with Gasteiger partial charge in [-0.2, -0.15) is 10.2 Å². The number of anilines is 1.